The SMILES string of the molecule is C=CCn1c(SCC(=O)c2ccc3c(c2)CCC3)nnc1-c1ccc(Cl)cc1. The first-order valence-corrected chi connectivity index (χ1v) is 10.6. The lowest BCUT2D eigenvalue weighted by molar-refractivity contribution is 0.102. The summed E-state index contributed by atoms with van der Waals surface area (Å²) in [4.78, 5) is 12.7. The molecule has 0 amide bonds. The van der Waals surface area contributed by atoms with Gasteiger partial charge in [0.25, 0.3) is 0 Å². The normalized spacial score (nSPS) is 12.8. The second-order valence-corrected chi connectivity index (χ2v) is 8.14. The summed E-state index contributed by atoms with van der Waals surface area (Å²) in [7, 11) is 0. The third-order valence-corrected chi connectivity index (χ3v) is 6.10. The van der Waals surface area contributed by atoms with Gasteiger partial charge in [-0.25, -0.2) is 0 Å². The van der Waals surface area contributed by atoms with Gasteiger partial charge in [0.05, 0.1) is 5.75 Å². The minimum absolute atomic E-state index is 0.112. The highest BCUT2D eigenvalue weighted by Crippen LogP contribution is 2.27. The maximum absolute atomic E-state index is 12.7. The fraction of sp³-hybridized carbons (Fsp3) is 0.227. The number of carbonyl (C=O) groups excluding carboxylic acids is 1. The van der Waals surface area contributed by atoms with E-state index in [-0.39, 0.29) is 5.78 Å². The molecule has 0 atom stereocenters. The van der Waals surface area contributed by atoms with Crippen LogP contribution in [0.2, 0.25) is 5.02 Å². The Balaban J connectivity index is 1.52. The summed E-state index contributed by atoms with van der Waals surface area (Å²) < 4.78 is 1.97. The van der Waals surface area contributed by atoms with E-state index in [1.165, 1.54) is 29.3 Å². The molecule has 142 valence electrons. The Morgan fingerprint density at radius 2 is 1.93 bits per heavy atom. The van der Waals surface area contributed by atoms with Gasteiger partial charge in [0.1, 0.15) is 0 Å². The van der Waals surface area contributed by atoms with Crippen LogP contribution in [-0.4, -0.2) is 26.3 Å². The standard InChI is InChI=1S/C22H20ClN3OS/c1-2-12-26-21(16-8-10-19(23)11-9-16)24-25-22(26)28-14-20(27)18-7-6-15-4-3-5-17(15)13-18/h2,6-11,13H,1,3-5,12,14H2. The van der Waals surface area contributed by atoms with Crippen LogP contribution in [0.5, 0.6) is 0 Å². The summed E-state index contributed by atoms with van der Waals surface area (Å²) in [6, 6.07) is 13.6. The highest BCUT2D eigenvalue weighted by Gasteiger charge is 2.17. The van der Waals surface area contributed by atoms with E-state index in [9.17, 15) is 4.79 Å². The van der Waals surface area contributed by atoms with Gasteiger partial charge in [-0.1, -0.05) is 41.6 Å². The molecular formula is C22H20ClN3OS. The summed E-state index contributed by atoms with van der Waals surface area (Å²) in [6.45, 7) is 4.40. The Labute approximate surface area is 173 Å². The number of benzene rings is 2. The summed E-state index contributed by atoms with van der Waals surface area (Å²) in [5, 5.41) is 10.0. The fourth-order valence-corrected chi connectivity index (χ4v) is 4.43. The van der Waals surface area contributed by atoms with Crippen LogP contribution in [0.3, 0.4) is 0 Å². The molecule has 0 saturated heterocycles. The molecule has 0 aliphatic heterocycles. The number of nitrogens with zero attached hydrogens (tertiary/aromatic N) is 3. The van der Waals surface area contributed by atoms with E-state index in [1.54, 1.807) is 6.08 Å². The van der Waals surface area contributed by atoms with Crippen molar-refractivity contribution >= 4 is 29.1 Å². The molecule has 2 aromatic carbocycles. The summed E-state index contributed by atoms with van der Waals surface area (Å²) >= 11 is 7.39. The lowest BCUT2D eigenvalue weighted by Crippen LogP contribution is -2.06. The maximum atomic E-state index is 12.7. The minimum atomic E-state index is 0.112. The van der Waals surface area contributed by atoms with Gasteiger partial charge < -0.3 is 0 Å². The predicted octanol–water partition coefficient (Wildman–Crippen LogP) is 5.25. The zero-order chi connectivity index (χ0) is 19.5. The average molecular weight is 410 g/mol. The third-order valence-electron chi connectivity index (χ3n) is 4.88. The van der Waals surface area contributed by atoms with Crippen molar-refractivity contribution in [2.24, 2.45) is 0 Å². The van der Waals surface area contributed by atoms with Crippen molar-refractivity contribution in [1.82, 2.24) is 14.8 Å². The van der Waals surface area contributed by atoms with Crippen LogP contribution in [0, 0.1) is 0 Å². The fourth-order valence-electron chi connectivity index (χ4n) is 3.46. The van der Waals surface area contributed by atoms with E-state index < -0.39 is 0 Å². The first kappa shape index (κ1) is 19.0. The van der Waals surface area contributed by atoms with Gasteiger partial charge in [-0.3, -0.25) is 9.36 Å². The number of carbonyl (C=O) groups is 1. The van der Waals surface area contributed by atoms with E-state index in [1.807, 2.05) is 34.9 Å². The van der Waals surface area contributed by atoms with E-state index >= 15 is 0 Å². The Bertz CT molecular complexity index is 1030. The van der Waals surface area contributed by atoms with E-state index in [0.717, 1.165) is 29.8 Å². The predicted molar refractivity (Wildman–Crippen MR) is 114 cm³/mol. The molecule has 1 aliphatic carbocycles. The van der Waals surface area contributed by atoms with E-state index in [0.29, 0.717) is 22.5 Å². The van der Waals surface area contributed by atoms with E-state index in [2.05, 4.69) is 28.9 Å². The molecule has 1 heterocycles. The molecular weight excluding hydrogens is 390 g/mol. The Hall–Kier alpha value is -2.37. The molecule has 0 saturated carbocycles. The summed E-state index contributed by atoms with van der Waals surface area (Å²) in [6.07, 6.45) is 5.17. The molecule has 0 N–H and O–H groups in total. The molecule has 0 spiro atoms. The molecule has 3 aromatic rings. The van der Waals surface area contributed by atoms with Gasteiger partial charge >= 0.3 is 0 Å². The number of allylic oxidation sites excluding steroid dienone is 1. The molecule has 1 aliphatic rings. The van der Waals surface area contributed by atoms with Crippen LogP contribution in [0.25, 0.3) is 11.4 Å². The van der Waals surface area contributed by atoms with Crippen molar-refractivity contribution in [1.29, 1.82) is 0 Å². The van der Waals surface area contributed by atoms with Crippen LogP contribution in [0.1, 0.15) is 27.9 Å². The zero-order valence-corrected chi connectivity index (χ0v) is 17.0. The van der Waals surface area contributed by atoms with Crippen LogP contribution in [-0.2, 0) is 19.4 Å². The number of thioether (sulfide) groups is 1. The Morgan fingerprint density at radius 3 is 2.71 bits per heavy atom. The number of halogens is 1. The van der Waals surface area contributed by atoms with Crippen molar-refractivity contribution in [3.05, 3.63) is 76.8 Å². The molecule has 6 heteroatoms. The van der Waals surface area contributed by atoms with Crippen LogP contribution >= 0.6 is 23.4 Å². The molecule has 28 heavy (non-hydrogen) atoms. The van der Waals surface area contributed by atoms with Gasteiger partial charge in [0, 0.05) is 22.7 Å². The molecule has 0 bridgehead atoms. The molecule has 4 nitrogen and oxygen atoms in total. The van der Waals surface area contributed by atoms with Crippen molar-refractivity contribution < 1.29 is 4.79 Å². The largest absolute Gasteiger partial charge is 0.298 e. The van der Waals surface area contributed by atoms with Gasteiger partial charge in [-0.15, -0.1) is 16.8 Å². The lowest BCUT2D eigenvalue weighted by atomic mass is 10.0. The topological polar surface area (TPSA) is 47.8 Å². The first-order chi connectivity index (χ1) is 13.7. The number of Topliss-reactive ketones (excluding diaryl/α,β-unsaturated/α-hetero) is 1. The monoisotopic (exact) mass is 409 g/mol. The van der Waals surface area contributed by atoms with Crippen molar-refractivity contribution in [3.63, 3.8) is 0 Å². The lowest BCUT2D eigenvalue weighted by Gasteiger charge is -2.08. The van der Waals surface area contributed by atoms with Gasteiger partial charge in [-0.2, -0.15) is 0 Å². The van der Waals surface area contributed by atoms with Crippen LogP contribution in [0.15, 0.2) is 60.3 Å². The highest BCUT2D eigenvalue weighted by molar-refractivity contribution is 7.99. The van der Waals surface area contributed by atoms with Crippen LogP contribution in [0.4, 0.5) is 0 Å². The molecule has 4 rings (SSSR count). The highest BCUT2D eigenvalue weighted by atomic mass is 35.5. The maximum Gasteiger partial charge on any atom is 0.192 e. The molecule has 1 aromatic heterocycles. The molecule has 0 radical (unpaired) electrons. The second-order valence-electron chi connectivity index (χ2n) is 6.76. The van der Waals surface area contributed by atoms with Gasteiger partial charge in [0.15, 0.2) is 16.8 Å². The second kappa shape index (κ2) is 8.33. The smallest absolute Gasteiger partial charge is 0.192 e. The average Bonchev–Trinajstić information content (AvgIpc) is 3.33. The molecule has 0 fully saturated rings. The molecule has 0 unspecified atom stereocenters. The number of ketones is 1. The number of fused-ring (bicyclic) bond motifs is 1. The summed E-state index contributed by atoms with van der Waals surface area (Å²) in [5.74, 6) is 1.18. The van der Waals surface area contributed by atoms with E-state index in [4.69, 9.17) is 11.6 Å². The number of hydrogen-bond acceptors (Lipinski definition) is 4. The van der Waals surface area contributed by atoms with Gasteiger partial charge in [0.2, 0.25) is 0 Å². The Morgan fingerprint density at radius 1 is 1.14 bits per heavy atom. The number of rotatable bonds is 7. The van der Waals surface area contributed by atoms with Crippen LogP contribution < -0.4 is 0 Å². The van der Waals surface area contributed by atoms with Crippen molar-refractivity contribution in [2.75, 3.05) is 5.75 Å². The number of hydrogen-bond donors (Lipinski definition) is 0. The zero-order valence-electron chi connectivity index (χ0n) is 15.4. The minimum Gasteiger partial charge on any atom is -0.298 e. The van der Waals surface area contributed by atoms with Crippen molar-refractivity contribution in [2.45, 2.75) is 31.0 Å². The van der Waals surface area contributed by atoms with Gasteiger partial charge in [-0.05, 0) is 60.7 Å². The summed E-state index contributed by atoms with van der Waals surface area (Å²) in [5.41, 5.74) is 4.40. The third kappa shape index (κ3) is 3.91. The quantitative estimate of drug-likeness (QED) is 0.304. The van der Waals surface area contributed by atoms with Crippen molar-refractivity contribution in [3.8, 4) is 11.4 Å². The number of aromatic nitrogens is 3. The number of aryl methyl sites for hydroxylation is 2. The Kier molecular flexibility index (Phi) is 5.64. The first-order valence-electron chi connectivity index (χ1n) is 9.23.